The van der Waals surface area contributed by atoms with Crippen LogP contribution in [0.4, 0.5) is 0 Å². The Kier molecular flexibility index (Phi) is 3.41. The van der Waals surface area contributed by atoms with Crippen LogP contribution in [0.15, 0.2) is 36.5 Å². The van der Waals surface area contributed by atoms with Crippen molar-refractivity contribution in [2.45, 2.75) is 6.04 Å². The Bertz CT molecular complexity index is 851. The van der Waals surface area contributed by atoms with E-state index < -0.39 is 6.04 Å². The maximum atomic E-state index is 12.8. The summed E-state index contributed by atoms with van der Waals surface area (Å²) in [6, 6.07) is 8.80. The lowest BCUT2D eigenvalue weighted by Gasteiger charge is -2.42. The van der Waals surface area contributed by atoms with Crippen molar-refractivity contribution in [2.24, 2.45) is 0 Å². The van der Waals surface area contributed by atoms with Gasteiger partial charge in [0.2, 0.25) is 11.8 Å². The summed E-state index contributed by atoms with van der Waals surface area (Å²) < 4.78 is 0. The smallest absolute Gasteiger partial charge is 0.255 e. The van der Waals surface area contributed by atoms with Gasteiger partial charge in [-0.05, 0) is 12.1 Å². The third-order valence-corrected chi connectivity index (χ3v) is 4.54. The van der Waals surface area contributed by atoms with Crippen molar-refractivity contribution in [1.82, 2.24) is 20.1 Å². The Morgan fingerprint density at radius 2 is 2.04 bits per heavy atom. The lowest BCUT2D eigenvalue weighted by molar-refractivity contribution is -0.148. The summed E-state index contributed by atoms with van der Waals surface area (Å²) in [5, 5.41) is 3.47. The molecule has 1 N–H and O–H groups in total. The number of para-hydroxylation sites is 1. The number of pyridine rings is 1. The summed E-state index contributed by atoms with van der Waals surface area (Å²) in [6.07, 6.45) is 1.56. The number of aromatic nitrogens is 1. The molecule has 2 aliphatic heterocycles. The van der Waals surface area contributed by atoms with Crippen LogP contribution in [0.5, 0.6) is 0 Å². The molecule has 1 unspecified atom stereocenters. The van der Waals surface area contributed by atoms with E-state index in [1.165, 1.54) is 0 Å². The standard InChI is InChI=1S/C17H16N4O3/c22-15-9-19-16(23)14-10-20(5-6-21(14)15)17(24)12-7-11-3-1-2-4-13(11)18-8-12/h1-4,7-8,14H,5-6,9-10H2,(H,19,23). The van der Waals surface area contributed by atoms with E-state index in [9.17, 15) is 14.4 Å². The summed E-state index contributed by atoms with van der Waals surface area (Å²) in [5.74, 6) is -0.471. The second-order valence-corrected chi connectivity index (χ2v) is 5.99. The van der Waals surface area contributed by atoms with Crippen molar-refractivity contribution >= 4 is 28.6 Å². The molecule has 122 valence electrons. The van der Waals surface area contributed by atoms with Crippen LogP contribution in [0.3, 0.4) is 0 Å². The number of hydrogen-bond acceptors (Lipinski definition) is 4. The third kappa shape index (κ3) is 2.38. The van der Waals surface area contributed by atoms with E-state index in [-0.39, 0.29) is 30.8 Å². The predicted octanol–water partition coefficient (Wildman–Crippen LogP) is 0.0176. The molecule has 1 aromatic carbocycles. The van der Waals surface area contributed by atoms with E-state index in [0.717, 1.165) is 10.9 Å². The molecule has 3 heterocycles. The maximum absolute atomic E-state index is 12.8. The van der Waals surface area contributed by atoms with Crippen molar-refractivity contribution in [1.29, 1.82) is 0 Å². The summed E-state index contributed by atoms with van der Waals surface area (Å²) in [7, 11) is 0. The molecule has 1 atom stereocenters. The van der Waals surface area contributed by atoms with E-state index in [1.807, 2.05) is 30.3 Å². The van der Waals surface area contributed by atoms with Gasteiger partial charge in [0.15, 0.2) is 0 Å². The molecule has 0 aliphatic carbocycles. The lowest BCUT2D eigenvalue weighted by Crippen LogP contribution is -2.66. The van der Waals surface area contributed by atoms with Crippen LogP contribution in [0.1, 0.15) is 10.4 Å². The van der Waals surface area contributed by atoms with E-state index in [2.05, 4.69) is 10.3 Å². The number of fused-ring (bicyclic) bond motifs is 2. The quantitative estimate of drug-likeness (QED) is 0.801. The minimum atomic E-state index is -0.600. The first-order valence-corrected chi connectivity index (χ1v) is 7.85. The number of benzene rings is 1. The number of hydrogen-bond donors (Lipinski definition) is 1. The average molecular weight is 324 g/mol. The molecular weight excluding hydrogens is 308 g/mol. The Balaban J connectivity index is 1.58. The second-order valence-electron chi connectivity index (χ2n) is 5.99. The molecule has 2 aromatic rings. The molecule has 7 nitrogen and oxygen atoms in total. The van der Waals surface area contributed by atoms with Crippen molar-refractivity contribution in [3.8, 4) is 0 Å². The SMILES string of the molecule is O=C1NCC(=O)N2CCN(C(=O)c3cnc4ccccc4c3)CC12. The van der Waals surface area contributed by atoms with Gasteiger partial charge < -0.3 is 15.1 Å². The third-order valence-electron chi connectivity index (χ3n) is 4.54. The predicted molar refractivity (Wildman–Crippen MR) is 86.2 cm³/mol. The van der Waals surface area contributed by atoms with E-state index in [0.29, 0.717) is 18.7 Å². The molecule has 2 saturated heterocycles. The van der Waals surface area contributed by atoms with Gasteiger partial charge in [-0.25, -0.2) is 0 Å². The number of nitrogens with one attached hydrogen (secondary N) is 1. The average Bonchev–Trinajstić information content (AvgIpc) is 2.63. The molecule has 0 saturated carbocycles. The molecule has 0 spiro atoms. The van der Waals surface area contributed by atoms with Gasteiger partial charge in [0, 0.05) is 24.7 Å². The van der Waals surface area contributed by atoms with Crippen LogP contribution in [0.2, 0.25) is 0 Å². The Morgan fingerprint density at radius 1 is 1.21 bits per heavy atom. The number of piperazine rings is 2. The summed E-state index contributed by atoms with van der Waals surface area (Å²) in [5.41, 5.74) is 1.32. The lowest BCUT2D eigenvalue weighted by atomic mass is 10.1. The van der Waals surface area contributed by atoms with Crippen LogP contribution in [0, 0.1) is 0 Å². The molecule has 3 amide bonds. The molecule has 2 aliphatic rings. The number of rotatable bonds is 1. The zero-order valence-corrected chi connectivity index (χ0v) is 12.9. The normalized spacial score (nSPS) is 20.8. The fourth-order valence-corrected chi connectivity index (χ4v) is 3.24. The van der Waals surface area contributed by atoms with Crippen molar-refractivity contribution in [3.05, 3.63) is 42.1 Å². The fraction of sp³-hybridized carbons (Fsp3) is 0.294. The highest BCUT2D eigenvalue weighted by molar-refractivity contribution is 5.99. The van der Waals surface area contributed by atoms with Gasteiger partial charge in [-0.3, -0.25) is 19.4 Å². The van der Waals surface area contributed by atoms with Gasteiger partial charge in [-0.15, -0.1) is 0 Å². The van der Waals surface area contributed by atoms with Crippen molar-refractivity contribution < 1.29 is 14.4 Å². The molecule has 24 heavy (non-hydrogen) atoms. The largest absolute Gasteiger partial charge is 0.345 e. The zero-order chi connectivity index (χ0) is 16.7. The van der Waals surface area contributed by atoms with E-state index in [1.54, 1.807) is 16.0 Å². The number of carbonyl (C=O) groups excluding carboxylic acids is 3. The molecule has 0 radical (unpaired) electrons. The van der Waals surface area contributed by atoms with E-state index in [4.69, 9.17) is 0 Å². The van der Waals surface area contributed by atoms with Gasteiger partial charge in [0.05, 0.1) is 24.2 Å². The maximum Gasteiger partial charge on any atom is 0.255 e. The molecule has 2 fully saturated rings. The van der Waals surface area contributed by atoms with Crippen LogP contribution in [-0.4, -0.2) is 64.7 Å². The van der Waals surface area contributed by atoms with Crippen molar-refractivity contribution in [3.63, 3.8) is 0 Å². The molecule has 1 aromatic heterocycles. The Labute approximate surface area is 138 Å². The first kappa shape index (κ1) is 14.6. The van der Waals surface area contributed by atoms with Gasteiger partial charge in [-0.2, -0.15) is 0 Å². The second kappa shape index (κ2) is 5.59. The Morgan fingerprint density at radius 3 is 2.92 bits per heavy atom. The van der Waals surface area contributed by atoms with Crippen LogP contribution in [0.25, 0.3) is 10.9 Å². The van der Waals surface area contributed by atoms with Gasteiger partial charge in [0.1, 0.15) is 6.04 Å². The summed E-state index contributed by atoms with van der Waals surface area (Å²) in [4.78, 5) is 44.1. The molecule has 7 heteroatoms. The van der Waals surface area contributed by atoms with Crippen LogP contribution in [-0.2, 0) is 9.59 Å². The first-order chi connectivity index (χ1) is 11.6. The highest BCUT2D eigenvalue weighted by Gasteiger charge is 2.40. The minimum Gasteiger partial charge on any atom is -0.345 e. The highest BCUT2D eigenvalue weighted by atomic mass is 16.2. The van der Waals surface area contributed by atoms with Crippen LogP contribution < -0.4 is 5.32 Å². The topological polar surface area (TPSA) is 82.6 Å². The Hall–Kier alpha value is -2.96. The fourth-order valence-electron chi connectivity index (χ4n) is 3.24. The highest BCUT2D eigenvalue weighted by Crippen LogP contribution is 2.18. The summed E-state index contributed by atoms with van der Waals surface area (Å²) >= 11 is 0. The molecular formula is C17H16N4O3. The van der Waals surface area contributed by atoms with E-state index >= 15 is 0 Å². The monoisotopic (exact) mass is 324 g/mol. The van der Waals surface area contributed by atoms with Crippen molar-refractivity contribution in [2.75, 3.05) is 26.2 Å². The van der Waals surface area contributed by atoms with Gasteiger partial charge in [-0.1, -0.05) is 18.2 Å². The number of amides is 3. The van der Waals surface area contributed by atoms with Gasteiger partial charge >= 0.3 is 0 Å². The zero-order valence-electron chi connectivity index (χ0n) is 12.9. The minimum absolute atomic E-state index is 0.0396. The number of nitrogens with zero attached hydrogens (tertiary/aromatic N) is 3. The molecule has 0 bridgehead atoms. The number of carbonyl (C=O) groups is 3. The summed E-state index contributed by atoms with van der Waals surface area (Å²) in [6.45, 7) is 1.05. The first-order valence-electron chi connectivity index (χ1n) is 7.85. The van der Waals surface area contributed by atoms with Gasteiger partial charge in [0.25, 0.3) is 5.91 Å². The van der Waals surface area contributed by atoms with Crippen LogP contribution >= 0.6 is 0 Å². The molecule has 4 rings (SSSR count).